The van der Waals surface area contributed by atoms with Crippen LogP contribution in [0.25, 0.3) is 11.0 Å². The van der Waals surface area contributed by atoms with Crippen molar-refractivity contribution in [2.24, 2.45) is 0 Å². The number of amides is 1. The highest BCUT2D eigenvalue weighted by molar-refractivity contribution is 5.83. The van der Waals surface area contributed by atoms with Crippen molar-refractivity contribution in [1.82, 2.24) is 5.32 Å². The summed E-state index contributed by atoms with van der Waals surface area (Å²) >= 11 is 0. The van der Waals surface area contributed by atoms with Gasteiger partial charge in [0.2, 0.25) is 17.8 Å². The summed E-state index contributed by atoms with van der Waals surface area (Å²) in [5, 5.41) is 25.1. The molecule has 0 aliphatic rings. The first-order chi connectivity index (χ1) is 18.6. The number of aryl methyl sites for hydroxylation is 3. The molecule has 2 atom stereocenters. The zero-order valence-corrected chi connectivity index (χ0v) is 22.6. The maximum Gasteiger partial charge on any atom is 0.231 e. The monoisotopic (exact) mass is 521 g/mol. The van der Waals surface area contributed by atoms with E-state index in [0.29, 0.717) is 22.6 Å². The van der Waals surface area contributed by atoms with E-state index in [1.807, 2.05) is 48.5 Å². The number of hydrogen-bond donors (Lipinski definition) is 3. The molecule has 0 saturated carbocycles. The molecule has 0 aliphatic heterocycles. The highest BCUT2D eigenvalue weighted by atomic mass is 16.5. The molecule has 2 heterocycles. The zero-order valence-electron chi connectivity index (χ0n) is 22.6. The van der Waals surface area contributed by atoms with Gasteiger partial charge in [0.25, 0.3) is 0 Å². The molecular formula is C33H33N2O4+. The summed E-state index contributed by atoms with van der Waals surface area (Å²) in [6.45, 7) is 7.54. The minimum atomic E-state index is -1.40. The molecule has 1 amide bonds. The van der Waals surface area contributed by atoms with E-state index < -0.39 is 5.60 Å². The van der Waals surface area contributed by atoms with Gasteiger partial charge in [-0.15, -0.1) is 0 Å². The van der Waals surface area contributed by atoms with E-state index in [1.165, 1.54) is 11.8 Å². The number of rotatable bonds is 7. The Labute approximate surface area is 228 Å². The summed E-state index contributed by atoms with van der Waals surface area (Å²) in [7, 11) is 0. The van der Waals surface area contributed by atoms with Crippen molar-refractivity contribution in [3.05, 3.63) is 136 Å². The second-order valence-electron chi connectivity index (χ2n) is 10.4. The predicted octanol–water partition coefficient (Wildman–Crippen LogP) is 5.59. The molecule has 0 saturated heterocycles. The van der Waals surface area contributed by atoms with E-state index in [2.05, 4.69) is 37.4 Å². The van der Waals surface area contributed by atoms with Crippen LogP contribution in [0.3, 0.4) is 0 Å². The molecule has 0 radical (unpaired) electrons. The van der Waals surface area contributed by atoms with Crippen molar-refractivity contribution in [2.45, 2.75) is 45.8 Å². The van der Waals surface area contributed by atoms with Crippen LogP contribution in [-0.2, 0) is 16.8 Å². The molecule has 5 rings (SSSR count). The summed E-state index contributed by atoms with van der Waals surface area (Å²) in [5.74, 6) is 0.296. The minimum absolute atomic E-state index is 0.0871. The third-order valence-electron chi connectivity index (χ3n) is 7.28. The number of pyridine rings is 1. The highest BCUT2D eigenvalue weighted by Crippen LogP contribution is 2.34. The lowest BCUT2D eigenvalue weighted by molar-refractivity contribution is -0.908. The van der Waals surface area contributed by atoms with Crippen molar-refractivity contribution in [1.29, 1.82) is 0 Å². The largest absolute Gasteiger partial charge is 0.458 e. The van der Waals surface area contributed by atoms with Gasteiger partial charge in [-0.3, -0.25) is 10.0 Å². The van der Waals surface area contributed by atoms with Crippen LogP contribution in [0.15, 0.2) is 95.5 Å². The molecular weight excluding hydrogens is 488 g/mol. The summed E-state index contributed by atoms with van der Waals surface area (Å²) in [4.78, 5) is 13.3. The zero-order chi connectivity index (χ0) is 27.7. The van der Waals surface area contributed by atoms with Crippen molar-refractivity contribution >= 4 is 16.9 Å². The Bertz CT molecular complexity index is 1650. The Kier molecular flexibility index (Phi) is 6.98. The van der Waals surface area contributed by atoms with E-state index in [9.17, 15) is 15.1 Å². The van der Waals surface area contributed by atoms with Crippen molar-refractivity contribution in [3.63, 3.8) is 0 Å². The molecule has 3 aromatic carbocycles. The quantitative estimate of drug-likeness (QED) is 0.193. The Morgan fingerprint density at radius 3 is 2.46 bits per heavy atom. The molecule has 2 aromatic heterocycles. The van der Waals surface area contributed by atoms with Gasteiger partial charge in [0.05, 0.1) is 12.5 Å². The number of benzene rings is 3. The molecule has 3 N–H and O–H groups in total. The van der Waals surface area contributed by atoms with Crippen LogP contribution in [0.4, 0.5) is 0 Å². The van der Waals surface area contributed by atoms with Crippen molar-refractivity contribution in [3.8, 4) is 0 Å². The highest BCUT2D eigenvalue weighted by Gasteiger charge is 2.31. The van der Waals surface area contributed by atoms with E-state index in [1.54, 1.807) is 32.0 Å². The average molecular weight is 522 g/mol. The fourth-order valence-electron chi connectivity index (χ4n) is 5.03. The molecule has 0 spiro atoms. The molecule has 198 valence electrons. The standard InChI is InChI=1S/C33H32N2O4/c1-21-10-12-28(22(2)16-21)32(25-8-6-5-7-9-25)34-31(36)19-24-11-13-29-26(18-24)20-30(39-29)33(4,37)27-14-15-35(38)23(3)17-27/h5-18,20,32,37H,19H2,1-4H3,(H-,34,36,38)/p+1/t32-,33?/m0/s1. The first-order valence-corrected chi connectivity index (χ1v) is 13.0. The summed E-state index contributed by atoms with van der Waals surface area (Å²) < 4.78 is 7.00. The topological polar surface area (TPSA) is 86.6 Å². The molecule has 1 unspecified atom stereocenters. The smallest absolute Gasteiger partial charge is 0.231 e. The Morgan fingerprint density at radius 2 is 1.74 bits per heavy atom. The molecule has 0 bridgehead atoms. The van der Waals surface area contributed by atoms with Gasteiger partial charge in [-0.25, -0.2) is 0 Å². The fraction of sp³-hybridized carbons (Fsp3) is 0.212. The summed E-state index contributed by atoms with van der Waals surface area (Å²) in [5.41, 5.74) is 5.66. The second kappa shape index (κ2) is 10.4. The molecule has 39 heavy (non-hydrogen) atoms. The fourth-order valence-corrected chi connectivity index (χ4v) is 5.03. The summed E-state index contributed by atoms with van der Waals surface area (Å²) in [6, 6.07) is 26.8. The number of furan rings is 1. The van der Waals surface area contributed by atoms with Gasteiger partial charge >= 0.3 is 0 Å². The first-order valence-electron chi connectivity index (χ1n) is 13.0. The van der Waals surface area contributed by atoms with Gasteiger partial charge in [0.1, 0.15) is 16.9 Å². The lowest BCUT2D eigenvalue weighted by Crippen LogP contribution is -2.34. The third kappa shape index (κ3) is 5.42. The second-order valence-corrected chi connectivity index (χ2v) is 10.4. The lowest BCUT2D eigenvalue weighted by atomic mass is 9.93. The number of aliphatic hydroxyl groups is 1. The number of carbonyl (C=O) groups is 1. The Morgan fingerprint density at radius 1 is 0.974 bits per heavy atom. The van der Waals surface area contributed by atoms with Gasteiger partial charge in [-0.2, -0.15) is 0 Å². The van der Waals surface area contributed by atoms with Crippen molar-refractivity contribution in [2.75, 3.05) is 0 Å². The average Bonchev–Trinajstić information content (AvgIpc) is 3.34. The summed E-state index contributed by atoms with van der Waals surface area (Å²) in [6.07, 6.45) is 1.69. The van der Waals surface area contributed by atoms with Crippen LogP contribution < -0.4 is 10.0 Å². The maximum atomic E-state index is 13.3. The van der Waals surface area contributed by atoms with E-state index in [0.717, 1.165) is 32.4 Å². The van der Waals surface area contributed by atoms with Gasteiger partial charge < -0.3 is 14.8 Å². The first kappa shape index (κ1) is 26.2. The van der Waals surface area contributed by atoms with E-state index in [-0.39, 0.29) is 18.4 Å². The number of nitrogens with one attached hydrogen (secondary N) is 1. The van der Waals surface area contributed by atoms with Crippen LogP contribution in [0.5, 0.6) is 0 Å². The van der Waals surface area contributed by atoms with E-state index >= 15 is 0 Å². The Hall–Kier alpha value is -4.42. The minimum Gasteiger partial charge on any atom is -0.458 e. The molecule has 5 aromatic rings. The third-order valence-corrected chi connectivity index (χ3v) is 7.28. The molecule has 6 heteroatoms. The molecule has 0 fully saturated rings. The number of carbonyl (C=O) groups excluding carboxylic acids is 1. The number of nitrogens with zero attached hydrogens (tertiary/aromatic N) is 1. The predicted molar refractivity (Wildman–Crippen MR) is 149 cm³/mol. The SMILES string of the molecule is Cc1ccc([C@@H](NC(=O)Cc2ccc3oc(C(C)(O)c4cc[n+](O)c(C)c4)cc3c2)c2ccccc2)c(C)c1. The van der Waals surface area contributed by atoms with Gasteiger partial charge in [0, 0.05) is 34.7 Å². The number of aromatic nitrogens is 1. The Balaban J connectivity index is 1.39. The maximum absolute atomic E-state index is 13.3. The number of hydrogen-bond acceptors (Lipinski definition) is 4. The molecule has 0 aliphatic carbocycles. The van der Waals surface area contributed by atoms with Crippen LogP contribution in [0.1, 0.15) is 57.8 Å². The van der Waals surface area contributed by atoms with Crippen LogP contribution >= 0.6 is 0 Å². The van der Waals surface area contributed by atoms with Crippen LogP contribution in [0.2, 0.25) is 0 Å². The lowest BCUT2D eigenvalue weighted by Gasteiger charge is -2.22. The van der Waals surface area contributed by atoms with Crippen molar-refractivity contribution < 1.29 is 24.3 Å². The van der Waals surface area contributed by atoms with Gasteiger partial charge in [-0.05, 0) is 61.2 Å². The van der Waals surface area contributed by atoms with Gasteiger partial charge in [0.15, 0.2) is 0 Å². The normalized spacial score (nSPS) is 13.7. The number of fused-ring (bicyclic) bond motifs is 1. The van der Waals surface area contributed by atoms with E-state index in [4.69, 9.17) is 4.42 Å². The molecule has 6 nitrogen and oxygen atoms in total. The van der Waals surface area contributed by atoms with Gasteiger partial charge in [-0.1, -0.05) is 60.2 Å². The van der Waals surface area contributed by atoms with Crippen LogP contribution in [0, 0.1) is 20.8 Å². The van der Waals surface area contributed by atoms with Crippen LogP contribution in [-0.4, -0.2) is 16.2 Å².